The highest BCUT2D eigenvalue weighted by molar-refractivity contribution is 7.23. The molecule has 0 bridgehead atoms. The quantitative estimate of drug-likeness (QED) is 0.0129. The first kappa shape index (κ1) is 89.6. The number of rotatable bonds is 39. The maximum atomic E-state index is 17.3. The maximum Gasteiger partial charge on any atom is 0.198 e. The van der Waals surface area contributed by atoms with E-state index in [4.69, 9.17) is 0 Å². The number of benzene rings is 9. The minimum atomic E-state index is -8.05. The zero-order chi connectivity index (χ0) is 82.3. The third kappa shape index (κ3) is 18.1. The molecule has 0 aliphatic heterocycles. The lowest BCUT2D eigenvalue weighted by molar-refractivity contribution is -0.833. The lowest BCUT2D eigenvalue weighted by atomic mass is 9.11. The minimum absolute atomic E-state index is 1.32. The van der Waals surface area contributed by atoms with Crippen LogP contribution >= 0.6 is 0 Å². The summed E-state index contributed by atoms with van der Waals surface area (Å²) in [4.78, 5) is 1.73. The van der Waals surface area contributed by atoms with Gasteiger partial charge in [0, 0.05) is 0 Å². The van der Waals surface area contributed by atoms with Gasteiger partial charge in [0.1, 0.15) is 35.1 Å². The molecule has 0 saturated heterocycles. The number of para-hydroxylation sites is 1. The molecule has 0 saturated carbocycles. The Labute approximate surface area is 628 Å². The summed E-state index contributed by atoms with van der Waals surface area (Å²) in [5.41, 5.74) is -14.0. The molecule has 9 rings (SSSR count). The van der Waals surface area contributed by atoms with E-state index in [0.717, 1.165) is 0 Å². The average Bonchev–Trinajstić information content (AvgIpc) is 0.661. The lowest BCUT2D eigenvalue weighted by Gasteiger charge is -2.47. The molecule has 0 atom stereocenters. The van der Waals surface area contributed by atoms with E-state index in [2.05, 4.69) is 44.2 Å². The summed E-state index contributed by atoms with van der Waals surface area (Å²) in [5, 5.41) is -27.0. The second-order valence-corrected chi connectivity index (χ2v) is 28.4. The smallest absolute Gasteiger partial charge is 0.198 e. The minimum Gasteiger partial charge on any atom is -0.302 e. The number of nitrogens with one attached hydrogen (secondary N) is 1. The Hall–Kier alpha value is -7.92. The van der Waals surface area contributed by atoms with Gasteiger partial charge in [0.2, 0.25) is 0 Å². The van der Waals surface area contributed by atoms with Crippen molar-refractivity contribution in [3.05, 3.63) is 193 Å². The van der Waals surface area contributed by atoms with Crippen LogP contribution in [0.5, 0.6) is 0 Å². The molecule has 0 unspecified atom stereocenters. The largest absolute Gasteiger partial charge is 0.302 e. The zero-order valence-electron chi connectivity index (χ0n) is 61.1. The SMILES string of the molecule is CCCCCCCCCCCCCCCCCC[NH+](CCCCCCCCCCCCCCCCCC)c1ccccc1.Fc1c(F)c(F)c2c([B-](c3c(F)c(F)c(F)c4c(F)c(F)c(F)c(F)c34)(c3c(F)c(F)c(F)c4c(F)c(F)c(F)c(F)c34)c3c(F)c(F)c(F)c4c(F)c(F)c(F)c(F)c34)c(F)c(F)c(F)c2c1F. The first-order valence-electron chi connectivity index (χ1n) is 37.7. The molecule has 30 heteroatoms. The number of fused-ring (bicyclic) bond motifs is 4. The van der Waals surface area contributed by atoms with Gasteiger partial charge in [-0.15, -0.1) is 21.9 Å². The van der Waals surface area contributed by atoms with Crippen LogP contribution in [-0.2, 0) is 0 Å². The van der Waals surface area contributed by atoms with Gasteiger partial charge in [0.15, 0.2) is 140 Å². The molecule has 0 spiro atoms. The van der Waals surface area contributed by atoms with Gasteiger partial charge >= 0.3 is 0 Å². The first-order valence-corrected chi connectivity index (χ1v) is 37.7. The Bertz CT molecular complexity index is 4280. The normalized spacial score (nSPS) is 12.1. The predicted octanol–water partition coefficient (Wildman–Crippen LogP) is 25.3. The molecule has 112 heavy (non-hydrogen) atoms. The molecule has 1 N–H and O–H groups in total. The van der Waals surface area contributed by atoms with Crippen molar-refractivity contribution in [3.63, 3.8) is 0 Å². The van der Waals surface area contributed by atoms with Crippen LogP contribution in [0.3, 0.4) is 0 Å². The van der Waals surface area contributed by atoms with Crippen molar-refractivity contribution in [2.75, 3.05) is 13.1 Å². The fraction of sp³-hybridized carbons (Fsp3) is 0.439. The Balaban J connectivity index is 0.000000316. The van der Waals surface area contributed by atoms with Gasteiger partial charge in [-0.25, -0.2) is 123 Å². The molecule has 0 heterocycles. The molecule has 0 aliphatic rings. The summed E-state index contributed by atoms with van der Waals surface area (Å²) >= 11 is 0. The standard InChI is InChI=1S/C42H79N.C40BF28/c1-3-5-7-9-11-13-15-17-19-21-23-25-27-29-31-36-40-43(42-38-34-33-35-39-42)41-37-32-30-28-26-24-22-20-18-16-14-12-10-8-6-4-2;42-13-1-5(21(50)37(66)33(13)62)17(46)29(58)25(54)9(1)41(10-2-6(18(47)30(59)26(10)55)22(51)38(67)34(63)14(2)43,11-3-7(19(48)31(60)27(11)56)23(52)39(68)35(64)15(3)44)12-4-8(20(49)32(61)28(12)57)24(53)40(69)36(65)16(4)45/h33-35,38-39H,3-32,36-37,40-41H2,1-2H3;/q;-1/p+1. The van der Waals surface area contributed by atoms with Gasteiger partial charge in [-0.1, -0.05) is 212 Å². The van der Waals surface area contributed by atoms with E-state index >= 15 is 105 Å². The predicted molar refractivity (Wildman–Crippen MR) is 375 cm³/mol. The summed E-state index contributed by atoms with van der Waals surface area (Å²) in [6.07, 6.45) is 38.4. The zero-order valence-corrected chi connectivity index (χ0v) is 61.1. The average molecular weight is 1620 g/mol. The van der Waals surface area contributed by atoms with Crippen molar-refractivity contribution in [2.24, 2.45) is 0 Å². The van der Waals surface area contributed by atoms with Gasteiger partial charge in [0.05, 0.1) is 34.6 Å². The van der Waals surface area contributed by atoms with E-state index < -0.39 is 234 Å². The molecule has 0 amide bonds. The Kier molecular flexibility index (Phi) is 32.3. The molecule has 0 radical (unpaired) electrons. The van der Waals surface area contributed by atoms with Crippen molar-refractivity contribution in [1.82, 2.24) is 0 Å². The van der Waals surface area contributed by atoms with Crippen LogP contribution in [0.1, 0.15) is 219 Å². The molecule has 0 aliphatic carbocycles. The number of unbranched alkanes of at least 4 members (excludes halogenated alkanes) is 30. The Morgan fingerprint density at radius 1 is 0.179 bits per heavy atom. The van der Waals surface area contributed by atoms with Crippen LogP contribution in [0.2, 0.25) is 0 Å². The molecule has 9 aromatic carbocycles. The van der Waals surface area contributed by atoms with E-state index in [-0.39, 0.29) is 0 Å². The van der Waals surface area contributed by atoms with Crippen LogP contribution in [-0.4, -0.2) is 19.2 Å². The van der Waals surface area contributed by atoms with Gasteiger partial charge in [-0.3, -0.25) is 0 Å². The number of hydrogen-bond acceptors (Lipinski definition) is 0. The highest BCUT2D eigenvalue weighted by Crippen LogP contribution is 2.42. The Morgan fingerprint density at radius 2 is 0.330 bits per heavy atom. The van der Waals surface area contributed by atoms with E-state index in [9.17, 15) is 17.6 Å². The van der Waals surface area contributed by atoms with E-state index in [1.54, 1.807) is 4.90 Å². The van der Waals surface area contributed by atoms with E-state index in [1.165, 1.54) is 224 Å². The summed E-state index contributed by atoms with van der Waals surface area (Å²) in [7, 11) is 0. The van der Waals surface area contributed by atoms with Gasteiger partial charge < -0.3 is 4.90 Å². The fourth-order valence-electron chi connectivity index (χ4n) is 15.5. The third-order valence-electron chi connectivity index (χ3n) is 21.1. The molecule has 1 nitrogen and oxygen atoms in total. The third-order valence-corrected chi connectivity index (χ3v) is 21.1. The van der Waals surface area contributed by atoms with E-state index in [0.29, 0.717) is 0 Å². The van der Waals surface area contributed by atoms with E-state index in [1.807, 2.05) is 0 Å². The topological polar surface area (TPSA) is 4.44 Å². The molecular formula is C82H80BF28N. The van der Waals surface area contributed by atoms with Crippen LogP contribution in [0.15, 0.2) is 30.3 Å². The fourth-order valence-corrected chi connectivity index (χ4v) is 15.5. The van der Waals surface area contributed by atoms with Crippen molar-refractivity contribution >= 4 is 76.8 Å². The van der Waals surface area contributed by atoms with Gasteiger partial charge in [0.25, 0.3) is 0 Å². The Morgan fingerprint density at radius 3 is 0.509 bits per heavy atom. The van der Waals surface area contributed by atoms with Crippen LogP contribution in [0.25, 0.3) is 43.1 Å². The summed E-state index contributed by atoms with van der Waals surface area (Å²) in [5.74, 6) is -104. The monoisotopic (exact) mass is 1620 g/mol. The molecule has 0 aromatic heterocycles. The maximum absolute atomic E-state index is 17.3. The number of halogens is 28. The highest BCUT2D eigenvalue weighted by atomic mass is 19.2. The summed E-state index contributed by atoms with van der Waals surface area (Å²) < 4.78 is 446. The summed E-state index contributed by atoms with van der Waals surface area (Å²) in [6, 6.07) is 11.3. The molecular weight excluding hydrogens is 1540 g/mol. The highest BCUT2D eigenvalue weighted by Gasteiger charge is 2.52. The van der Waals surface area contributed by atoms with Crippen LogP contribution in [0, 0.1) is 163 Å². The molecule has 9 aromatic rings. The van der Waals surface area contributed by atoms with Crippen molar-refractivity contribution in [1.29, 1.82) is 0 Å². The van der Waals surface area contributed by atoms with Crippen molar-refractivity contribution in [3.8, 4) is 0 Å². The molecule has 612 valence electrons. The number of quaternary nitrogens is 1. The van der Waals surface area contributed by atoms with Gasteiger partial charge in [-0.05, 0) is 59.4 Å². The van der Waals surface area contributed by atoms with Crippen molar-refractivity contribution < 1.29 is 128 Å². The van der Waals surface area contributed by atoms with Crippen LogP contribution < -0.4 is 26.8 Å². The van der Waals surface area contributed by atoms with Crippen molar-refractivity contribution in [2.45, 2.75) is 219 Å². The first-order chi connectivity index (χ1) is 53.4. The second-order valence-electron chi connectivity index (χ2n) is 28.4. The van der Waals surface area contributed by atoms with Crippen LogP contribution in [0.4, 0.5) is 129 Å². The molecule has 0 fully saturated rings. The summed E-state index contributed by atoms with van der Waals surface area (Å²) in [6.45, 7) is 7.26. The van der Waals surface area contributed by atoms with Gasteiger partial charge in [-0.2, -0.15) is 0 Å². The second kappa shape index (κ2) is 40.4. The number of hydrogen-bond donors (Lipinski definition) is 1. The lowest BCUT2D eigenvalue weighted by Crippen LogP contribution is -3.07.